The molecular formula is C25H26N2O6S. The monoisotopic (exact) mass is 482 g/mol. The van der Waals surface area contributed by atoms with Crippen molar-refractivity contribution in [2.75, 3.05) is 37.9 Å². The van der Waals surface area contributed by atoms with Gasteiger partial charge in [0.15, 0.2) is 0 Å². The predicted molar refractivity (Wildman–Crippen MR) is 127 cm³/mol. The van der Waals surface area contributed by atoms with E-state index in [1.165, 1.54) is 16.7 Å². The summed E-state index contributed by atoms with van der Waals surface area (Å²) >= 11 is 1.50. The number of nitrogens with one attached hydrogen (secondary N) is 1. The van der Waals surface area contributed by atoms with E-state index in [2.05, 4.69) is 17.4 Å². The average Bonchev–Trinajstić information content (AvgIpc) is 3.46. The predicted octanol–water partition coefficient (Wildman–Crippen LogP) is 2.71. The van der Waals surface area contributed by atoms with Gasteiger partial charge in [0.05, 0.1) is 6.61 Å². The second-order valence-corrected chi connectivity index (χ2v) is 9.91. The third kappa shape index (κ3) is 4.03. The molecule has 34 heavy (non-hydrogen) atoms. The van der Waals surface area contributed by atoms with Crippen LogP contribution in [0.5, 0.6) is 0 Å². The van der Waals surface area contributed by atoms with Gasteiger partial charge in [-0.25, -0.2) is 9.59 Å². The molecule has 0 spiro atoms. The van der Waals surface area contributed by atoms with E-state index in [4.69, 9.17) is 9.47 Å². The van der Waals surface area contributed by atoms with Gasteiger partial charge in [0.2, 0.25) is 0 Å². The molecule has 9 heteroatoms. The Balaban J connectivity index is 1.30. The summed E-state index contributed by atoms with van der Waals surface area (Å²) in [6, 6.07) is 15.2. The van der Waals surface area contributed by atoms with Crippen LogP contribution < -0.4 is 5.32 Å². The van der Waals surface area contributed by atoms with Crippen LogP contribution in [0.3, 0.4) is 0 Å². The van der Waals surface area contributed by atoms with Crippen LogP contribution in [-0.4, -0.2) is 77.4 Å². The minimum absolute atomic E-state index is 0.00793. The van der Waals surface area contributed by atoms with E-state index in [-0.39, 0.29) is 25.6 Å². The molecule has 0 saturated carbocycles. The molecule has 2 aromatic carbocycles. The van der Waals surface area contributed by atoms with Gasteiger partial charge >= 0.3 is 12.1 Å². The molecule has 2 amide bonds. The zero-order valence-corrected chi connectivity index (χ0v) is 19.4. The number of carbonyl (C=O) groups is 3. The fraction of sp³-hybridized carbons (Fsp3) is 0.400. The molecular weight excluding hydrogens is 456 g/mol. The molecule has 1 aliphatic carbocycles. The molecule has 0 aromatic heterocycles. The SMILES string of the molecule is O=C(NC1(C(=O)N2CCSCC2C(=O)O)CCOC1)OCC1c2ccccc2-c2ccccc21. The normalized spacial score (nSPS) is 23.8. The summed E-state index contributed by atoms with van der Waals surface area (Å²) in [5, 5.41) is 12.3. The number of aliphatic carboxylic acids is 1. The van der Waals surface area contributed by atoms with Crippen molar-refractivity contribution in [2.45, 2.75) is 23.9 Å². The summed E-state index contributed by atoms with van der Waals surface area (Å²) in [6.45, 7) is 0.736. The molecule has 2 N–H and O–H groups in total. The third-order valence-corrected chi connectivity index (χ3v) is 7.81. The highest BCUT2D eigenvalue weighted by Crippen LogP contribution is 2.44. The molecule has 2 aromatic rings. The Bertz CT molecular complexity index is 1070. The first-order valence-electron chi connectivity index (χ1n) is 11.3. The highest BCUT2D eigenvalue weighted by molar-refractivity contribution is 7.99. The van der Waals surface area contributed by atoms with Gasteiger partial charge in [-0.3, -0.25) is 4.79 Å². The lowest BCUT2D eigenvalue weighted by Gasteiger charge is -2.38. The lowest BCUT2D eigenvalue weighted by atomic mass is 9.95. The maximum absolute atomic E-state index is 13.5. The van der Waals surface area contributed by atoms with Gasteiger partial charge in [-0.2, -0.15) is 11.8 Å². The molecule has 2 heterocycles. The van der Waals surface area contributed by atoms with E-state index in [0.29, 0.717) is 24.7 Å². The minimum Gasteiger partial charge on any atom is -0.480 e. The molecule has 0 bridgehead atoms. The molecule has 2 saturated heterocycles. The van der Waals surface area contributed by atoms with Crippen molar-refractivity contribution in [3.8, 4) is 11.1 Å². The number of thioether (sulfide) groups is 1. The molecule has 2 fully saturated rings. The maximum Gasteiger partial charge on any atom is 0.408 e. The van der Waals surface area contributed by atoms with E-state index in [0.717, 1.165) is 22.3 Å². The van der Waals surface area contributed by atoms with Crippen LogP contribution in [0.15, 0.2) is 48.5 Å². The van der Waals surface area contributed by atoms with Crippen LogP contribution in [0.25, 0.3) is 11.1 Å². The van der Waals surface area contributed by atoms with Crippen molar-refractivity contribution in [3.63, 3.8) is 0 Å². The van der Waals surface area contributed by atoms with Gasteiger partial charge in [-0.15, -0.1) is 0 Å². The number of amides is 2. The number of hydrogen-bond acceptors (Lipinski definition) is 6. The first kappa shape index (κ1) is 22.7. The topological polar surface area (TPSA) is 105 Å². The van der Waals surface area contributed by atoms with E-state index in [1.54, 1.807) is 0 Å². The van der Waals surface area contributed by atoms with Gasteiger partial charge in [0.25, 0.3) is 5.91 Å². The molecule has 2 aliphatic heterocycles. The molecule has 5 rings (SSSR count). The Morgan fingerprint density at radius 1 is 1.12 bits per heavy atom. The van der Waals surface area contributed by atoms with Crippen molar-refractivity contribution in [1.82, 2.24) is 10.2 Å². The highest BCUT2D eigenvalue weighted by atomic mass is 32.2. The second kappa shape index (κ2) is 9.31. The lowest BCUT2D eigenvalue weighted by molar-refractivity contribution is -0.152. The summed E-state index contributed by atoms with van der Waals surface area (Å²) in [6.07, 6.45) is -0.439. The van der Waals surface area contributed by atoms with E-state index in [1.807, 2.05) is 36.4 Å². The number of alkyl carbamates (subject to hydrolysis) is 1. The summed E-state index contributed by atoms with van der Waals surface area (Å²) in [5.41, 5.74) is 3.14. The molecule has 178 valence electrons. The molecule has 0 radical (unpaired) electrons. The smallest absolute Gasteiger partial charge is 0.408 e. The Hall–Kier alpha value is -3.04. The zero-order valence-electron chi connectivity index (χ0n) is 18.6. The van der Waals surface area contributed by atoms with Crippen LogP contribution in [0.4, 0.5) is 4.79 Å². The summed E-state index contributed by atoms with van der Waals surface area (Å²) in [4.78, 5) is 39.4. The zero-order chi connectivity index (χ0) is 23.7. The van der Waals surface area contributed by atoms with E-state index >= 15 is 0 Å². The standard InChI is InChI=1S/C25H26N2O6S/c28-22(29)21-14-34-12-10-27(21)23(30)25(9-11-32-15-25)26-24(31)33-13-20-18-7-3-1-5-16(18)17-6-2-4-8-19(17)20/h1-8,20-21H,9-15H2,(H,26,31)(H,28,29). The van der Waals surface area contributed by atoms with Gasteiger partial charge in [0.1, 0.15) is 18.2 Å². The number of nitrogens with zero attached hydrogens (tertiary/aromatic N) is 1. The lowest BCUT2D eigenvalue weighted by Crippen LogP contribution is -2.64. The van der Waals surface area contributed by atoms with Crippen LogP contribution in [0.1, 0.15) is 23.5 Å². The second-order valence-electron chi connectivity index (χ2n) is 8.76. The van der Waals surface area contributed by atoms with Crippen LogP contribution >= 0.6 is 11.8 Å². The van der Waals surface area contributed by atoms with Crippen molar-refractivity contribution in [1.29, 1.82) is 0 Å². The third-order valence-electron chi connectivity index (χ3n) is 6.79. The quantitative estimate of drug-likeness (QED) is 0.675. The fourth-order valence-electron chi connectivity index (χ4n) is 5.04. The summed E-state index contributed by atoms with van der Waals surface area (Å²) < 4.78 is 11.1. The maximum atomic E-state index is 13.5. The fourth-order valence-corrected chi connectivity index (χ4v) is 6.08. The van der Waals surface area contributed by atoms with Crippen molar-refractivity contribution < 1.29 is 29.0 Å². The number of benzene rings is 2. The number of carboxylic acid groups (broad SMARTS) is 1. The van der Waals surface area contributed by atoms with Gasteiger partial charge < -0.3 is 24.8 Å². The van der Waals surface area contributed by atoms with Gasteiger partial charge in [-0.1, -0.05) is 48.5 Å². The number of ether oxygens (including phenoxy) is 2. The Morgan fingerprint density at radius 2 is 1.79 bits per heavy atom. The summed E-state index contributed by atoms with van der Waals surface area (Å²) in [7, 11) is 0. The van der Waals surface area contributed by atoms with Crippen molar-refractivity contribution in [3.05, 3.63) is 59.7 Å². The number of hydrogen-bond donors (Lipinski definition) is 2. The van der Waals surface area contributed by atoms with Crippen LogP contribution in [0, 0.1) is 0 Å². The first-order chi connectivity index (χ1) is 16.5. The highest BCUT2D eigenvalue weighted by Gasteiger charge is 2.49. The number of fused-ring (bicyclic) bond motifs is 3. The van der Waals surface area contributed by atoms with E-state index in [9.17, 15) is 19.5 Å². The summed E-state index contributed by atoms with van der Waals surface area (Å²) in [5.74, 6) is -0.595. The van der Waals surface area contributed by atoms with Crippen LogP contribution in [-0.2, 0) is 19.1 Å². The van der Waals surface area contributed by atoms with Crippen molar-refractivity contribution in [2.24, 2.45) is 0 Å². The molecule has 2 unspecified atom stereocenters. The largest absolute Gasteiger partial charge is 0.480 e. The Labute approximate surface area is 201 Å². The average molecular weight is 483 g/mol. The molecule has 2 atom stereocenters. The Morgan fingerprint density at radius 3 is 2.41 bits per heavy atom. The van der Waals surface area contributed by atoms with E-state index < -0.39 is 29.6 Å². The van der Waals surface area contributed by atoms with Crippen LogP contribution in [0.2, 0.25) is 0 Å². The molecule has 8 nitrogen and oxygen atoms in total. The number of carboxylic acids is 1. The molecule has 3 aliphatic rings. The van der Waals surface area contributed by atoms with Crippen molar-refractivity contribution >= 4 is 29.7 Å². The Kier molecular flexibility index (Phi) is 6.22. The minimum atomic E-state index is -1.32. The first-order valence-corrected chi connectivity index (χ1v) is 12.5. The number of carbonyl (C=O) groups excluding carboxylic acids is 2. The van der Waals surface area contributed by atoms with Gasteiger partial charge in [0, 0.05) is 37.0 Å². The van der Waals surface area contributed by atoms with Gasteiger partial charge in [-0.05, 0) is 22.3 Å². The number of rotatable bonds is 5.